The number of carbonyl (C=O) groups is 1. The standard InChI is InChI=1S/C13H8BrN3O2/c14-10-5-8(6-15)1-2-11(10)17-13(19)9-7-16-4-3-12(9)18/h1-5,7H,(H,16,18)(H,17,19). The molecule has 0 saturated heterocycles. The lowest BCUT2D eigenvalue weighted by Crippen LogP contribution is -2.21. The van der Waals surface area contributed by atoms with Crippen molar-refractivity contribution >= 4 is 27.5 Å². The topological polar surface area (TPSA) is 85.8 Å². The Labute approximate surface area is 117 Å². The SMILES string of the molecule is N#Cc1ccc(NC(=O)c2c[nH]ccc2=O)c(Br)c1. The van der Waals surface area contributed by atoms with E-state index in [1.165, 1.54) is 18.5 Å². The second-order valence-electron chi connectivity index (χ2n) is 3.68. The summed E-state index contributed by atoms with van der Waals surface area (Å²) in [5, 5.41) is 11.3. The van der Waals surface area contributed by atoms with Crippen molar-refractivity contribution in [2.24, 2.45) is 0 Å². The van der Waals surface area contributed by atoms with Crippen molar-refractivity contribution in [3.05, 3.63) is 62.5 Å². The van der Waals surface area contributed by atoms with Crippen LogP contribution in [-0.2, 0) is 0 Å². The highest BCUT2D eigenvalue weighted by Crippen LogP contribution is 2.23. The van der Waals surface area contributed by atoms with Crippen LogP contribution < -0.4 is 10.7 Å². The number of carbonyl (C=O) groups excluding carboxylic acids is 1. The summed E-state index contributed by atoms with van der Waals surface area (Å²) >= 11 is 3.26. The number of rotatable bonds is 2. The molecule has 2 aromatic rings. The maximum absolute atomic E-state index is 11.9. The van der Waals surface area contributed by atoms with Crippen LogP contribution >= 0.6 is 15.9 Å². The minimum atomic E-state index is -0.507. The van der Waals surface area contributed by atoms with E-state index in [4.69, 9.17) is 5.26 Å². The van der Waals surface area contributed by atoms with Crippen LogP contribution in [0.3, 0.4) is 0 Å². The molecule has 6 heteroatoms. The number of H-pyrrole nitrogens is 1. The Bertz CT molecular complexity index is 731. The molecular formula is C13H8BrN3O2. The van der Waals surface area contributed by atoms with Crippen LogP contribution in [0.1, 0.15) is 15.9 Å². The van der Waals surface area contributed by atoms with Crippen LogP contribution in [-0.4, -0.2) is 10.9 Å². The van der Waals surface area contributed by atoms with E-state index in [2.05, 4.69) is 26.2 Å². The molecule has 0 aliphatic carbocycles. The highest BCUT2D eigenvalue weighted by molar-refractivity contribution is 9.10. The highest BCUT2D eigenvalue weighted by atomic mass is 79.9. The molecule has 0 aliphatic rings. The van der Waals surface area contributed by atoms with Gasteiger partial charge in [-0.3, -0.25) is 9.59 Å². The largest absolute Gasteiger partial charge is 0.367 e. The third-order valence-electron chi connectivity index (χ3n) is 2.42. The number of aromatic nitrogens is 1. The fraction of sp³-hybridized carbons (Fsp3) is 0. The molecule has 0 radical (unpaired) electrons. The number of aromatic amines is 1. The molecular weight excluding hydrogens is 310 g/mol. The fourth-order valence-corrected chi connectivity index (χ4v) is 1.95. The molecule has 0 unspecified atom stereocenters. The van der Waals surface area contributed by atoms with E-state index in [0.29, 0.717) is 15.7 Å². The lowest BCUT2D eigenvalue weighted by Gasteiger charge is -2.07. The zero-order chi connectivity index (χ0) is 13.8. The number of benzene rings is 1. The van der Waals surface area contributed by atoms with Gasteiger partial charge in [0.2, 0.25) is 0 Å². The Kier molecular flexibility index (Phi) is 3.78. The van der Waals surface area contributed by atoms with E-state index in [1.54, 1.807) is 18.2 Å². The van der Waals surface area contributed by atoms with Gasteiger partial charge in [0.15, 0.2) is 5.43 Å². The van der Waals surface area contributed by atoms with Gasteiger partial charge in [-0.25, -0.2) is 0 Å². The number of pyridine rings is 1. The fourth-order valence-electron chi connectivity index (χ4n) is 1.47. The number of nitrogens with zero attached hydrogens (tertiary/aromatic N) is 1. The molecule has 2 rings (SSSR count). The monoisotopic (exact) mass is 317 g/mol. The summed E-state index contributed by atoms with van der Waals surface area (Å²) < 4.78 is 0.576. The molecule has 1 aromatic heterocycles. The Morgan fingerprint density at radius 1 is 1.37 bits per heavy atom. The van der Waals surface area contributed by atoms with Crippen molar-refractivity contribution in [3.8, 4) is 6.07 Å². The molecule has 0 fully saturated rings. The van der Waals surface area contributed by atoms with Gasteiger partial charge in [0.05, 0.1) is 17.3 Å². The first-order valence-electron chi connectivity index (χ1n) is 5.30. The average molecular weight is 318 g/mol. The summed E-state index contributed by atoms with van der Waals surface area (Å²) in [4.78, 5) is 26.1. The molecule has 1 amide bonds. The molecule has 1 heterocycles. The number of hydrogen-bond donors (Lipinski definition) is 2. The van der Waals surface area contributed by atoms with E-state index < -0.39 is 5.91 Å². The summed E-state index contributed by atoms with van der Waals surface area (Å²) in [6, 6.07) is 8.03. The predicted molar refractivity (Wildman–Crippen MR) is 73.9 cm³/mol. The minimum absolute atomic E-state index is 0.0266. The Morgan fingerprint density at radius 2 is 2.16 bits per heavy atom. The quantitative estimate of drug-likeness (QED) is 0.890. The van der Waals surface area contributed by atoms with Crippen LogP contribution in [0.25, 0.3) is 0 Å². The van der Waals surface area contributed by atoms with E-state index in [1.807, 2.05) is 6.07 Å². The first-order valence-corrected chi connectivity index (χ1v) is 6.09. The summed E-state index contributed by atoms with van der Waals surface area (Å²) in [6.45, 7) is 0. The molecule has 1 aromatic carbocycles. The lowest BCUT2D eigenvalue weighted by atomic mass is 10.2. The Morgan fingerprint density at radius 3 is 2.79 bits per heavy atom. The summed E-state index contributed by atoms with van der Waals surface area (Å²) in [5.41, 5.74) is 0.634. The third-order valence-corrected chi connectivity index (χ3v) is 3.07. The molecule has 2 N–H and O–H groups in total. The number of hydrogen-bond acceptors (Lipinski definition) is 3. The zero-order valence-corrected chi connectivity index (χ0v) is 11.2. The first-order chi connectivity index (χ1) is 9.11. The zero-order valence-electron chi connectivity index (χ0n) is 9.61. The average Bonchev–Trinajstić information content (AvgIpc) is 2.41. The maximum atomic E-state index is 11.9. The van der Waals surface area contributed by atoms with Crippen LogP contribution in [0.4, 0.5) is 5.69 Å². The molecule has 5 nitrogen and oxygen atoms in total. The van der Waals surface area contributed by atoms with E-state index in [9.17, 15) is 9.59 Å². The smallest absolute Gasteiger partial charge is 0.261 e. The van der Waals surface area contributed by atoms with Gasteiger partial charge in [0.25, 0.3) is 5.91 Å². The van der Waals surface area contributed by atoms with Crippen molar-refractivity contribution in [2.45, 2.75) is 0 Å². The Balaban J connectivity index is 2.28. The van der Waals surface area contributed by atoms with Crippen LogP contribution in [0.5, 0.6) is 0 Å². The van der Waals surface area contributed by atoms with Crippen molar-refractivity contribution in [1.82, 2.24) is 4.98 Å². The van der Waals surface area contributed by atoms with Crippen molar-refractivity contribution in [2.75, 3.05) is 5.32 Å². The van der Waals surface area contributed by atoms with Crippen LogP contribution in [0.2, 0.25) is 0 Å². The number of nitriles is 1. The van der Waals surface area contributed by atoms with Crippen molar-refractivity contribution in [1.29, 1.82) is 5.26 Å². The number of nitrogens with one attached hydrogen (secondary N) is 2. The van der Waals surface area contributed by atoms with Crippen LogP contribution in [0.15, 0.2) is 45.9 Å². The van der Waals surface area contributed by atoms with Gasteiger partial charge >= 0.3 is 0 Å². The molecule has 0 spiro atoms. The summed E-state index contributed by atoms with van der Waals surface area (Å²) in [7, 11) is 0. The van der Waals surface area contributed by atoms with Gasteiger partial charge in [-0.05, 0) is 34.1 Å². The van der Waals surface area contributed by atoms with Crippen molar-refractivity contribution in [3.63, 3.8) is 0 Å². The molecule has 0 saturated carbocycles. The van der Waals surface area contributed by atoms with Crippen molar-refractivity contribution < 1.29 is 4.79 Å². The lowest BCUT2D eigenvalue weighted by molar-refractivity contribution is 0.102. The van der Waals surface area contributed by atoms with E-state index >= 15 is 0 Å². The van der Waals surface area contributed by atoms with E-state index in [0.717, 1.165) is 0 Å². The molecule has 94 valence electrons. The predicted octanol–water partition coefficient (Wildman–Crippen LogP) is 2.26. The van der Waals surface area contributed by atoms with Gasteiger partial charge < -0.3 is 10.3 Å². The van der Waals surface area contributed by atoms with Gasteiger partial charge in [0.1, 0.15) is 5.56 Å². The molecule has 19 heavy (non-hydrogen) atoms. The number of amides is 1. The Hall–Kier alpha value is -2.39. The van der Waals surface area contributed by atoms with E-state index in [-0.39, 0.29) is 11.0 Å². The summed E-state index contributed by atoms with van der Waals surface area (Å²) in [5.74, 6) is -0.507. The molecule has 0 aliphatic heterocycles. The second-order valence-corrected chi connectivity index (χ2v) is 4.54. The second kappa shape index (κ2) is 5.50. The van der Waals surface area contributed by atoms with Crippen LogP contribution in [0, 0.1) is 11.3 Å². The van der Waals surface area contributed by atoms with Gasteiger partial charge in [-0.2, -0.15) is 5.26 Å². The number of anilines is 1. The minimum Gasteiger partial charge on any atom is -0.367 e. The van der Waals surface area contributed by atoms with Gasteiger partial charge in [-0.15, -0.1) is 0 Å². The molecule has 0 bridgehead atoms. The number of halogens is 1. The first kappa shape index (κ1) is 13.1. The maximum Gasteiger partial charge on any atom is 0.261 e. The highest BCUT2D eigenvalue weighted by Gasteiger charge is 2.11. The normalized spacial score (nSPS) is 9.68. The third kappa shape index (κ3) is 2.89. The van der Waals surface area contributed by atoms with Gasteiger partial charge in [0, 0.05) is 22.9 Å². The van der Waals surface area contributed by atoms with Gasteiger partial charge in [-0.1, -0.05) is 0 Å². The molecule has 0 atom stereocenters. The summed E-state index contributed by atoms with van der Waals surface area (Å²) in [6.07, 6.45) is 2.80.